The summed E-state index contributed by atoms with van der Waals surface area (Å²) in [6.45, 7) is 2.85. The van der Waals surface area contributed by atoms with E-state index in [9.17, 15) is 4.79 Å². The number of benzene rings is 1. The molecule has 0 aliphatic carbocycles. The molecule has 0 fully saturated rings. The molecule has 0 unspecified atom stereocenters. The van der Waals surface area contributed by atoms with Crippen LogP contribution in [0.25, 0.3) is 22.4 Å². The topological polar surface area (TPSA) is 76.2 Å². The van der Waals surface area contributed by atoms with Crippen LogP contribution in [-0.4, -0.2) is 20.9 Å². The third-order valence-electron chi connectivity index (χ3n) is 2.62. The number of aliphatic hydroxyl groups excluding tert-OH is 1. The summed E-state index contributed by atoms with van der Waals surface area (Å²) >= 11 is 0. The fourth-order valence-corrected chi connectivity index (χ4v) is 1.82. The van der Waals surface area contributed by atoms with Crippen molar-refractivity contribution in [1.82, 2.24) is 9.97 Å². The van der Waals surface area contributed by atoms with E-state index < -0.39 is 0 Å². The number of hydrogen-bond acceptors (Lipinski definition) is 5. The van der Waals surface area contributed by atoms with E-state index >= 15 is 0 Å². The zero-order valence-corrected chi connectivity index (χ0v) is 15.0. The number of oxazole rings is 1. The van der Waals surface area contributed by atoms with E-state index in [0.717, 1.165) is 16.8 Å². The van der Waals surface area contributed by atoms with Crippen LogP contribution in [0.15, 0.2) is 59.2 Å². The van der Waals surface area contributed by atoms with Gasteiger partial charge in [-0.05, 0) is 19.9 Å². The van der Waals surface area contributed by atoms with Crippen LogP contribution in [0.4, 0.5) is 0 Å². The zero-order chi connectivity index (χ0) is 15.9. The van der Waals surface area contributed by atoms with Crippen LogP contribution in [0.1, 0.15) is 13.8 Å². The van der Waals surface area contributed by atoms with Crippen LogP contribution < -0.4 is 0 Å². The third-order valence-corrected chi connectivity index (χ3v) is 2.62. The SMILES string of the molecule is CC(=O)C=C(C)O.[Ir].[c-]1ccccc1-c1nccc2ncoc12. The van der Waals surface area contributed by atoms with E-state index in [1.165, 1.54) is 26.3 Å². The van der Waals surface area contributed by atoms with Crippen molar-refractivity contribution in [2.24, 2.45) is 0 Å². The Kier molecular flexibility index (Phi) is 7.32. The van der Waals surface area contributed by atoms with Gasteiger partial charge in [0.05, 0.1) is 5.76 Å². The predicted molar refractivity (Wildman–Crippen MR) is 83.1 cm³/mol. The normalized spacial score (nSPS) is 10.4. The molecule has 121 valence electrons. The molecule has 5 nitrogen and oxygen atoms in total. The Bertz CT molecular complexity index is 794. The van der Waals surface area contributed by atoms with Gasteiger partial charge < -0.3 is 14.5 Å². The van der Waals surface area contributed by atoms with Crippen molar-refractivity contribution in [2.45, 2.75) is 13.8 Å². The molecule has 1 aromatic carbocycles. The second-order valence-corrected chi connectivity index (χ2v) is 4.53. The van der Waals surface area contributed by atoms with Crippen molar-refractivity contribution >= 4 is 16.9 Å². The molecule has 3 rings (SSSR count). The number of carbonyl (C=O) groups is 1. The first-order valence-corrected chi connectivity index (χ1v) is 6.61. The molecule has 6 heteroatoms. The summed E-state index contributed by atoms with van der Waals surface area (Å²) < 4.78 is 5.31. The maximum Gasteiger partial charge on any atom is 0.180 e. The minimum absolute atomic E-state index is 0. The summed E-state index contributed by atoms with van der Waals surface area (Å²) in [5.41, 5.74) is 3.22. The van der Waals surface area contributed by atoms with Gasteiger partial charge >= 0.3 is 0 Å². The van der Waals surface area contributed by atoms with Crippen LogP contribution in [0.2, 0.25) is 0 Å². The van der Waals surface area contributed by atoms with Gasteiger partial charge in [-0.2, -0.15) is 0 Å². The first-order chi connectivity index (χ1) is 10.6. The van der Waals surface area contributed by atoms with E-state index in [1.807, 2.05) is 30.3 Å². The van der Waals surface area contributed by atoms with Gasteiger partial charge in [0.25, 0.3) is 0 Å². The van der Waals surface area contributed by atoms with Gasteiger partial charge in [0, 0.05) is 38.1 Å². The summed E-state index contributed by atoms with van der Waals surface area (Å²) in [5.74, 6) is -0.0625. The molecule has 2 aromatic heterocycles. The smallest absolute Gasteiger partial charge is 0.180 e. The monoisotopic (exact) mass is 488 g/mol. The van der Waals surface area contributed by atoms with Crippen LogP contribution in [-0.2, 0) is 24.9 Å². The Hall–Kier alpha value is -2.30. The van der Waals surface area contributed by atoms with Crippen molar-refractivity contribution in [1.29, 1.82) is 0 Å². The number of pyridine rings is 1. The minimum Gasteiger partial charge on any atom is -0.512 e. The third kappa shape index (κ3) is 5.43. The Morgan fingerprint density at radius 1 is 1.26 bits per heavy atom. The van der Waals surface area contributed by atoms with Gasteiger partial charge in [0.2, 0.25) is 0 Å². The molecule has 1 N–H and O–H groups in total. The molecule has 23 heavy (non-hydrogen) atoms. The maximum atomic E-state index is 10.0. The van der Waals surface area contributed by atoms with Crippen LogP contribution in [0.3, 0.4) is 0 Å². The summed E-state index contributed by atoms with van der Waals surface area (Å²) in [6, 6.07) is 12.6. The maximum absolute atomic E-state index is 10.0. The second-order valence-electron chi connectivity index (χ2n) is 4.53. The van der Waals surface area contributed by atoms with E-state index in [0.29, 0.717) is 5.58 Å². The number of fused-ring (bicyclic) bond motifs is 1. The van der Waals surface area contributed by atoms with Gasteiger partial charge in [0.1, 0.15) is 11.1 Å². The fraction of sp³-hybridized carbons (Fsp3) is 0.118. The van der Waals surface area contributed by atoms with Crippen molar-refractivity contribution in [3.8, 4) is 11.3 Å². The first-order valence-electron chi connectivity index (χ1n) is 6.61. The number of nitrogens with zero attached hydrogens (tertiary/aromatic N) is 2. The number of allylic oxidation sites excluding steroid dienone is 2. The Morgan fingerprint density at radius 2 is 2.04 bits per heavy atom. The average Bonchev–Trinajstić information content (AvgIpc) is 2.95. The summed E-state index contributed by atoms with van der Waals surface area (Å²) in [5, 5.41) is 8.36. The molecule has 1 radical (unpaired) electrons. The number of ketones is 1. The standard InChI is InChI=1S/C12H7N2O.C5H8O2.Ir/c1-2-4-9(5-3-1)11-12-10(6-7-13-11)14-8-15-12;1-4(6)3-5(2)7;/h1-4,6-8H;3,6H,1-2H3;/q-1;;. The summed E-state index contributed by atoms with van der Waals surface area (Å²) in [6.07, 6.45) is 4.32. The molecular formula is C17H15IrN2O3-. The molecule has 2 heterocycles. The van der Waals surface area contributed by atoms with Gasteiger partial charge in [0.15, 0.2) is 12.2 Å². The van der Waals surface area contributed by atoms with Crippen molar-refractivity contribution in [3.63, 3.8) is 0 Å². The summed E-state index contributed by atoms with van der Waals surface area (Å²) in [7, 11) is 0. The summed E-state index contributed by atoms with van der Waals surface area (Å²) in [4.78, 5) is 18.4. The quantitative estimate of drug-likeness (QED) is 0.339. The number of carbonyl (C=O) groups excluding carboxylic acids is 1. The molecule has 0 aliphatic rings. The molecule has 0 amide bonds. The van der Waals surface area contributed by atoms with Crippen molar-refractivity contribution < 1.29 is 34.4 Å². The Labute approximate surface area is 147 Å². The van der Waals surface area contributed by atoms with Gasteiger partial charge in [-0.1, -0.05) is 0 Å². The largest absolute Gasteiger partial charge is 0.512 e. The molecular weight excluding hydrogens is 472 g/mol. The van der Waals surface area contributed by atoms with Gasteiger partial charge in [-0.3, -0.25) is 4.79 Å². The fourth-order valence-electron chi connectivity index (χ4n) is 1.82. The number of hydrogen-bond donors (Lipinski definition) is 1. The number of aromatic nitrogens is 2. The molecule has 0 spiro atoms. The Morgan fingerprint density at radius 3 is 2.61 bits per heavy atom. The minimum atomic E-state index is -0.125. The van der Waals surface area contributed by atoms with Crippen LogP contribution in [0.5, 0.6) is 0 Å². The molecule has 0 aliphatic heterocycles. The van der Waals surface area contributed by atoms with Gasteiger partial charge in [-0.25, -0.2) is 4.98 Å². The second kappa shape index (κ2) is 8.98. The predicted octanol–water partition coefficient (Wildman–Crippen LogP) is 3.72. The van der Waals surface area contributed by atoms with E-state index in [4.69, 9.17) is 9.52 Å². The van der Waals surface area contributed by atoms with Gasteiger partial charge in [-0.15, -0.1) is 35.9 Å². The number of rotatable bonds is 2. The van der Waals surface area contributed by atoms with E-state index in [1.54, 1.807) is 6.20 Å². The average molecular weight is 488 g/mol. The first kappa shape index (κ1) is 18.7. The van der Waals surface area contributed by atoms with Crippen molar-refractivity contribution in [2.75, 3.05) is 0 Å². The van der Waals surface area contributed by atoms with E-state index in [-0.39, 0.29) is 31.6 Å². The molecule has 0 atom stereocenters. The zero-order valence-electron chi connectivity index (χ0n) is 12.6. The van der Waals surface area contributed by atoms with E-state index in [2.05, 4.69) is 16.0 Å². The van der Waals surface area contributed by atoms with Crippen LogP contribution >= 0.6 is 0 Å². The number of aliphatic hydroxyl groups is 1. The molecule has 0 saturated heterocycles. The molecule has 0 saturated carbocycles. The van der Waals surface area contributed by atoms with Crippen LogP contribution in [0, 0.1) is 6.07 Å². The molecule has 3 aromatic rings. The Balaban J connectivity index is 0.000000287. The van der Waals surface area contributed by atoms with Crippen molar-refractivity contribution in [3.05, 3.63) is 60.8 Å². The molecule has 0 bridgehead atoms.